The number of furan rings is 1. The number of hydrogen-bond acceptors (Lipinski definition) is 3. The summed E-state index contributed by atoms with van der Waals surface area (Å²) in [5.41, 5.74) is 0.951. The van der Waals surface area contributed by atoms with Gasteiger partial charge in [0, 0.05) is 12.1 Å². The summed E-state index contributed by atoms with van der Waals surface area (Å²) in [5, 5.41) is 0.815. The SMILES string of the molecule is C[C@@H](c1ccco1)N(C)Cc1cc2ccc(F)cc2[nH]c1=O. The van der Waals surface area contributed by atoms with Crippen LogP contribution in [0.2, 0.25) is 0 Å². The van der Waals surface area contributed by atoms with Gasteiger partial charge >= 0.3 is 0 Å². The van der Waals surface area contributed by atoms with Crippen molar-refractivity contribution >= 4 is 10.9 Å². The van der Waals surface area contributed by atoms with Crippen LogP contribution in [0, 0.1) is 5.82 Å². The van der Waals surface area contributed by atoms with E-state index in [1.807, 2.05) is 31.0 Å². The van der Waals surface area contributed by atoms with E-state index in [2.05, 4.69) is 4.98 Å². The van der Waals surface area contributed by atoms with Gasteiger partial charge in [-0.1, -0.05) is 0 Å². The third kappa shape index (κ3) is 2.80. The smallest absolute Gasteiger partial charge is 0.252 e. The van der Waals surface area contributed by atoms with Crippen LogP contribution in [0.5, 0.6) is 0 Å². The lowest BCUT2D eigenvalue weighted by molar-refractivity contribution is 0.222. The Morgan fingerprint density at radius 3 is 2.86 bits per heavy atom. The maximum absolute atomic E-state index is 13.2. The van der Waals surface area contributed by atoms with Crippen molar-refractivity contribution in [3.8, 4) is 0 Å². The van der Waals surface area contributed by atoms with Gasteiger partial charge in [-0.2, -0.15) is 0 Å². The van der Waals surface area contributed by atoms with E-state index in [4.69, 9.17) is 4.42 Å². The zero-order valence-corrected chi connectivity index (χ0v) is 12.5. The normalized spacial score (nSPS) is 12.9. The van der Waals surface area contributed by atoms with Crippen molar-refractivity contribution in [3.63, 3.8) is 0 Å². The average molecular weight is 300 g/mol. The van der Waals surface area contributed by atoms with Crippen LogP contribution in [0.15, 0.2) is 51.9 Å². The average Bonchev–Trinajstić information content (AvgIpc) is 3.01. The van der Waals surface area contributed by atoms with E-state index in [1.54, 1.807) is 18.4 Å². The van der Waals surface area contributed by atoms with Crippen molar-refractivity contribution < 1.29 is 8.81 Å². The lowest BCUT2D eigenvalue weighted by Crippen LogP contribution is -2.25. The number of H-pyrrole nitrogens is 1. The third-order valence-corrected chi connectivity index (χ3v) is 3.92. The molecule has 1 N–H and O–H groups in total. The number of rotatable bonds is 4. The third-order valence-electron chi connectivity index (χ3n) is 3.92. The number of hydrogen-bond donors (Lipinski definition) is 1. The molecule has 0 aliphatic carbocycles. The summed E-state index contributed by atoms with van der Waals surface area (Å²) >= 11 is 0. The summed E-state index contributed by atoms with van der Waals surface area (Å²) in [4.78, 5) is 16.9. The van der Waals surface area contributed by atoms with E-state index in [1.165, 1.54) is 12.1 Å². The summed E-state index contributed by atoms with van der Waals surface area (Å²) in [6.07, 6.45) is 1.64. The zero-order valence-electron chi connectivity index (χ0n) is 12.5. The second-order valence-electron chi connectivity index (χ2n) is 5.46. The molecule has 2 heterocycles. The predicted molar refractivity (Wildman–Crippen MR) is 83.1 cm³/mol. The topological polar surface area (TPSA) is 49.2 Å². The Morgan fingerprint density at radius 2 is 2.14 bits per heavy atom. The molecular weight excluding hydrogens is 283 g/mol. The van der Waals surface area contributed by atoms with E-state index in [0.717, 1.165) is 11.1 Å². The van der Waals surface area contributed by atoms with Crippen LogP contribution in [0.4, 0.5) is 4.39 Å². The molecule has 1 aromatic carbocycles. The highest BCUT2D eigenvalue weighted by Gasteiger charge is 2.16. The number of aromatic amines is 1. The first-order chi connectivity index (χ1) is 10.5. The number of pyridine rings is 1. The molecule has 22 heavy (non-hydrogen) atoms. The molecular formula is C17H17FN2O2. The minimum atomic E-state index is -0.362. The molecule has 0 unspecified atom stereocenters. The lowest BCUT2D eigenvalue weighted by atomic mass is 10.1. The number of benzene rings is 1. The number of aromatic nitrogens is 1. The fourth-order valence-corrected chi connectivity index (χ4v) is 2.49. The monoisotopic (exact) mass is 300 g/mol. The second-order valence-corrected chi connectivity index (χ2v) is 5.46. The molecule has 0 aliphatic rings. The Labute approximate surface area is 127 Å². The van der Waals surface area contributed by atoms with Gasteiger partial charge < -0.3 is 9.40 Å². The Kier molecular flexibility index (Phi) is 3.81. The van der Waals surface area contributed by atoms with E-state index in [-0.39, 0.29) is 17.4 Å². The van der Waals surface area contributed by atoms with Gasteiger partial charge in [-0.25, -0.2) is 4.39 Å². The first-order valence-electron chi connectivity index (χ1n) is 7.09. The summed E-state index contributed by atoms with van der Waals surface area (Å²) in [6.45, 7) is 2.49. The summed E-state index contributed by atoms with van der Waals surface area (Å²) in [6, 6.07) is 10.00. The lowest BCUT2D eigenvalue weighted by Gasteiger charge is -2.22. The molecule has 0 saturated heterocycles. The molecule has 3 aromatic rings. The van der Waals surface area contributed by atoms with Crippen LogP contribution in [0.3, 0.4) is 0 Å². The predicted octanol–water partition coefficient (Wildman–Crippen LogP) is 3.45. The molecule has 0 radical (unpaired) electrons. The number of nitrogens with one attached hydrogen (secondary N) is 1. The largest absolute Gasteiger partial charge is 0.468 e. The van der Waals surface area contributed by atoms with Gasteiger partial charge in [0.2, 0.25) is 0 Å². The molecule has 114 valence electrons. The van der Waals surface area contributed by atoms with Gasteiger partial charge in [0.05, 0.1) is 17.8 Å². The molecule has 0 aliphatic heterocycles. The molecule has 2 aromatic heterocycles. The quantitative estimate of drug-likeness (QED) is 0.803. The van der Waals surface area contributed by atoms with Crippen LogP contribution < -0.4 is 5.56 Å². The Hall–Kier alpha value is -2.40. The van der Waals surface area contributed by atoms with Crippen LogP contribution >= 0.6 is 0 Å². The van der Waals surface area contributed by atoms with E-state index >= 15 is 0 Å². The summed E-state index contributed by atoms with van der Waals surface area (Å²) in [7, 11) is 1.93. The van der Waals surface area contributed by atoms with Crippen LogP contribution in [-0.2, 0) is 6.54 Å². The number of fused-ring (bicyclic) bond motifs is 1. The fourth-order valence-electron chi connectivity index (χ4n) is 2.49. The summed E-state index contributed by atoms with van der Waals surface area (Å²) < 4.78 is 18.6. The van der Waals surface area contributed by atoms with Crippen molar-refractivity contribution in [3.05, 3.63) is 70.2 Å². The van der Waals surface area contributed by atoms with Crippen LogP contribution in [0.1, 0.15) is 24.3 Å². The van der Waals surface area contributed by atoms with E-state index in [9.17, 15) is 9.18 Å². The zero-order chi connectivity index (χ0) is 15.7. The van der Waals surface area contributed by atoms with Crippen molar-refractivity contribution in [2.75, 3.05) is 7.05 Å². The van der Waals surface area contributed by atoms with Gasteiger partial charge in [-0.05, 0) is 55.8 Å². The Balaban J connectivity index is 1.88. The molecule has 0 amide bonds. The Morgan fingerprint density at radius 1 is 1.32 bits per heavy atom. The highest BCUT2D eigenvalue weighted by molar-refractivity contribution is 5.78. The Bertz CT molecular complexity index is 839. The molecule has 1 atom stereocenters. The van der Waals surface area contributed by atoms with Crippen molar-refractivity contribution in [2.24, 2.45) is 0 Å². The molecule has 0 fully saturated rings. The molecule has 0 spiro atoms. The first-order valence-corrected chi connectivity index (χ1v) is 7.09. The van der Waals surface area contributed by atoms with Crippen LogP contribution in [-0.4, -0.2) is 16.9 Å². The number of nitrogens with zero attached hydrogens (tertiary/aromatic N) is 1. The highest BCUT2D eigenvalue weighted by atomic mass is 19.1. The van der Waals surface area contributed by atoms with Gasteiger partial charge in [-0.3, -0.25) is 9.69 Å². The maximum atomic E-state index is 13.2. The number of halogens is 1. The van der Waals surface area contributed by atoms with Crippen molar-refractivity contribution in [1.82, 2.24) is 9.88 Å². The van der Waals surface area contributed by atoms with Gasteiger partial charge in [-0.15, -0.1) is 0 Å². The van der Waals surface area contributed by atoms with E-state index < -0.39 is 0 Å². The fraction of sp³-hybridized carbons (Fsp3) is 0.235. The molecule has 0 saturated carbocycles. The maximum Gasteiger partial charge on any atom is 0.252 e. The summed E-state index contributed by atoms with van der Waals surface area (Å²) in [5.74, 6) is 0.487. The standard InChI is InChI=1S/C17H17FN2O2/c1-11(16-4-3-7-22-16)20(2)10-13-8-12-5-6-14(18)9-15(12)19-17(13)21/h3-9,11H,10H2,1-2H3,(H,19,21)/t11-/m0/s1. The molecule has 5 heteroatoms. The van der Waals surface area contributed by atoms with Crippen LogP contribution in [0.25, 0.3) is 10.9 Å². The van der Waals surface area contributed by atoms with Gasteiger partial charge in [0.15, 0.2) is 0 Å². The van der Waals surface area contributed by atoms with Gasteiger partial charge in [0.1, 0.15) is 11.6 Å². The minimum Gasteiger partial charge on any atom is -0.468 e. The second kappa shape index (κ2) is 5.77. The van der Waals surface area contributed by atoms with Crippen molar-refractivity contribution in [1.29, 1.82) is 0 Å². The highest BCUT2D eigenvalue weighted by Crippen LogP contribution is 2.21. The minimum absolute atomic E-state index is 0.0540. The molecule has 3 rings (SSSR count). The molecule has 0 bridgehead atoms. The molecule has 4 nitrogen and oxygen atoms in total. The van der Waals surface area contributed by atoms with Gasteiger partial charge in [0.25, 0.3) is 5.56 Å². The van der Waals surface area contributed by atoms with E-state index in [0.29, 0.717) is 17.6 Å². The van der Waals surface area contributed by atoms with Crippen molar-refractivity contribution in [2.45, 2.75) is 19.5 Å². The first kappa shape index (κ1) is 14.5.